The van der Waals surface area contributed by atoms with E-state index in [2.05, 4.69) is 26.4 Å². The summed E-state index contributed by atoms with van der Waals surface area (Å²) in [6.45, 7) is 0.651. The molecule has 61 heavy (non-hydrogen) atoms. The van der Waals surface area contributed by atoms with Crippen molar-refractivity contribution in [2.45, 2.75) is 52.1 Å². The summed E-state index contributed by atoms with van der Waals surface area (Å²) < 4.78 is 12.2. The molecule has 0 radical (unpaired) electrons. The number of amides is 4. The van der Waals surface area contributed by atoms with E-state index in [1.54, 1.807) is 19.9 Å². The van der Waals surface area contributed by atoms with E-state index in [1.165, 1.54) is 25.4 Å². The molecular formula is C37H53N9O15. The van der Waals surface area contributed by atoms with Gasteiger partial charge in [-0.15, -0.1) is 0 Å². The minimum atomic E-state index is -1.31. The van der Waals surface area contributed by atoms with E-state index in [4.69, 9.17) is 9.47 Å². The molecule has 24 nitrogen and oxygen atoms in total. The van der Waals surface area contributed by atoms with Crippen molar-refractivity contribution in [3.63, 3.8) is 0 Å². The van der Waals surface area contributed by atoms with E-state index in [1.807, 2.05) is 0 Å². The van der Waals surface area contributed by atoms with Crippen LogP contribution in [0.25, 0.3) is 10.9 Å². The molecule has 24 heteroatoms. The third kappa shape index (κ3) is 16.6. The first kappa shape index (κ1) is 49.0. The zero-order valence-electron chi connectivity index (χ0n) is 34.0. The smallest absolute Gasteiger partial charge is 0.326 e. The topological polar surface area (TPSA) is 329 Å². The molecule has 1 aromatic carbocycles. The van der Waals surface area contributed by atoms with E-state index >= 15 is 0 Å². The summed E-state index contributed by atoms with van der Waals surface area (Å²) in [5.41, 5.74) is -0.564. The Kier molecular flexibility index (Phi) is 19.8. The Balaban J connectivity index is 1.53. The largest absolute Gasteiger partial charge is 0.480 e. The highest BCUT2D eigenvalue weighted by Crippen LogP contribution is 2.35. The zero-order chi connectivity index (χ0) is 45.1. The summed E-state index contributed by atoms with van der Waals surface area (Å²) in [5.74, 6) is -6.71. The molecule has 1 atom stereocenters. The molecule has 1 aromatic heterocycles. The summed E-state index contributed by atoms with van der Waals surface area (Å²) in [7, 11) is 0. The number of nitrogens with one attached hydrogen (secondary N) is 4. The van der Waals surface area contributed by atoms with Crippen molar-refractivity contribution in [1.29, 1.82) is 0 Å². The van der Waals surface area contributed by atoms with Crippen LogP contribution in [0, 0.1) is 0 Å². The Morgan fingerprint density at radius 2 is 1.25 bits per heavy atom. The number of fused-ring (bicyclic) bond motifs is 2. The number of ether oxygens (including phenoxy) is 2. The fraction of sp³-hybridized carbons (Fsp3) is 0.568. The SMILES string of the molecule is CCC(=O)NCCCC[C@H](NC(=O)CN(CCN(CCN(CC(=O)O)CC(=O)NCCNC(=O)c1nn(CC)c2cc3c(cc2c1=O)OCO3)CC(=O)O)CC(=O)O)C(=O)O. The first-order chi connectivity index (χ1) is 29.0. The summed E-state index contributed by atoms with van der Waals surface area (Å²) in [6, 6.07) is 1.81. The Morgan fingerprint density at radius 1 is 0.705 bits per heavy atom. The van der Waals surface area contributed by atoms with Crippen molar-refractivity contribution in [3.8, 4) is 11.5 Å². The van der Waals surface area contributed by atoms with Gasteiger partial charge >= 0.3 is 23.9 Å². The maximum atomic E-state index is 13.2. The fourth-order valence-corrected chi connectivity index (χ4v) is 6.15. The number of nitrogens with zero attached hydrogens (tertiary/aromatic N) is 5. The van der Waals surface area contributed by atoms with Crippen molar-refractivity contribution < 1.29 is 68.3 Å². The van der Waals surface area contributed by atoms with Gasteiger partial charge in [-0.1, -0.05) is 6.92 Å². The van der Waals surface area contributed by atoms with Crippen LogP contribution in [0.1, 0.15) is 50.0 Å². The lowest BCUT2D eigenvalue weighted by atomic mass is 10.1. The first-order valence-electron chi connectivity index (χ1n) is 19.5. The van der Waals surface area contributed by atoms with Crippen LogP contribution in [0.2, 0.25) is 0 Å². The van der Waals surface area contributed by atoms with Crippen LogP contribution in [-0.4, -0.2) is 184 Å². The monoisotopic (exact) mass is 863 g/mol. The lowest BCUT2D eigenvalue weighted by molar-refractivity contribution is -0.143. The number of rotatable bonds is 29. The van der Waals surface area contributed by atoms with Gasteiger partial charge in [0.1, 0.15) is 6.04 Å². The van der Waals surface area contributed by atoms with Crippen molar-refractivity contribution in [1.82, 2.24) is 45.7 Å². The molecule has 1 aliphatic heterocycles. The number of aliphatic carboxylic acids is 4. The van der Waals surface area contributed by atoms with Crippen molar-refractivity contribution in [2.75, 3.05) is 85.3 Å². The van der Waals surface area contributed by atoms with Gasteiger partial charge < -0.3 is 51.2 Å². The second-order valence-electron chi connectivity index (χ2n) is 13.9. The summed E-state index contributed by atoms with van der Waals surface area (Å²) in [6.07, 6.45) is 1.19. The average Bonchev–Trinajstić information content (AvgIpc) is 3.66. The predicted octanol–water partition coefficient (Wildman–Crippen LogP) is -2.58. The number of carboxylic acids is 4. The number of hydrogen-bond acceptors (Lipinski definition) is 15. The van der Waals surface area contributed by atoms with Crippen LogP contribution >= 0.6 is 0 Å². The van der Waals surface area contributed by atoms with Crippen LogP contribution < -0.4 is 36.2 Å². The fourth-order valence-electron chi connectivity index (χ4n) is 6.15. The van der Waals surface area contributed by atoms with E-state index < -0.39 is 85.8 Å². The number of aryl methyl sites for hydroxylation is 1. The maximum Gasteiger partial charge on any atom is 0.326 e. The normalized spacial score (nSPS) is 12.3. The number of benzene rings is 1. The Hall–Kier alpha value is -6.40. The van der Waals surface area contributed by atoms with Crippen LogP contribution in [-0.2, 0) is 40.1 Å². The molecule has 0 bridgehead atoms. The Labute approximate surface area is 349 Å². The average molecular weight is 864 g/mol. The second-order valence-corrected chi connectivity index (χ2v) is 13.9. The minimum absolute atomic E-state index is 0.0138. The van der Waals surface area contributed by atoms with Crippen molar-refractivity contribution in [2.24, 2.45) is 0 Å². The van der Waals surface area contributed by atoms with Crippen LogP contribution in [0.4, 0.5) is 0 Å². The Bertz CT molecular complexity index is 1970. The first-order valence-corrected chi connectivity index (χ1v) is 19.5. The second kappa shape index (κ2) is 24.6. The number of carboxylic acid groups (broad SMARTS) is 4. The summed E-state index contributed by atoms with van der Waals surface area (Å²) >= 11 is 0. The highest BCUT2D eigenvalue weighted by Gasteiger charge is 2.25. The standard InChI is InChI=1S/C37H53N9O15/c1-3-28(47)38-8-6-5-7-24(37(58)59)41-30(49)18-45(21-33(54)55)14-12-43(19-31(50)51)11-13-44(20-32(52)53)17-29(48)39-9-10-40-36(57)34-35(56)23-15-26-27(61-22-60-26)16-25(23)46(4-2)42-34/h15-16,24H,3-14,17-22H2,1-2H3,(H,38,47)(H,39,48)(H,40,57)(H,41,49)(H,50,51)(H,52,53)(H,54,55)(H,58,59)/t24-/m0/s1. The lowest BCUT2D eigenvalue weighted by Crippen LogP contribution is -2.49. The van der Waals surface area contributed by atoms with Gasteiger partial charge in [0.15, 0.2) is 17.2 Å². The summed E-state index contributed by atoms with van der Waals surface area (Å²) in [4.78, 5) is 114. The molecule has 1 aliphatic rings. The molecule has 336 valence electrons. The quantitative estimate of drug-likeness (QED) is 0.0389. The van der Waals surface area contributed by atoms with Crippen LogP contribution in [0.15, 0.2) is 16.9 Å². The molecule has 2 heterocycles. The molecule has 3 rings (SSSR count). The molecule has 0 aliphatic carbocycles. The van der Waals surface area contributed by atoms with Gasteiger partial charge in [0.2, 0.25) is 29.9 Å². The van der Waals surface area contributed by atoms with Crippen LogP contribution in [0.5, 0.6) is 11.5 Å². The molecule has 0 spiro atoms. The van der Waals surface area contributed by atoms with Gasteiger partial charge in [-0.05, 0) is 32.3 Å². The van der Waals surface area contributed by atoms with Gasteiger partial charge in [-0.3, -0.25) is 57.7 Å². The summed E-state index contributed by atoms with van der Waals surface area (Å²) in [5, 5.41) is 52.5. The number of carbonyl (C=O) groups excluding carboxylic acids is 4. The van der Waals surface area contributed by atoms with E-state index in [9.17, 15) is 63.6 Å². The maximum absolute atomic E-state index is 13.2. The third-order valence-electron chi connectivity index (χ3n) is 9.17. The predicted molar refractivity (Wildman–Crippen MR) is 212 cm³/mol. The van der Waals surface area contributed by atoms with Gasteiger partial charge in [0.05, 0.1) is 43.6 Å². The van der Waals surface area contributed by atoms with E-state index in [0.29, 0.717) is 49.4 Å². The molecule has 0 saturated heterocycles. The molecule has 0 fully saturated rings. The number of unbranched alkanes of at least 4 members (excludes halogenated alkanes) is 1. The highest BCUT2D eigenvalue weighted by atomic mass is 16.7. The van der Waals surface area contributed by atoms with Gasteiger partial charge in [-0.2, -0.15) is 5.10 Å². The number of aromatic nitrogens is 2. The third-order valence-corrected chi connectivity index (χ3v) is 9.17. The lowest BCUT2D eigenvalue weighted by Gasteiger charge is -2.28. The van der Waals surface area contributed by atoms with Gasteiger partial charge in [-0.25, -0.2) is 4.79 Å². The number of hydrogen-bond donors (Lipinski definition) is 8. The van der Waals surface area contributed by atoms with E-state index in [0.717, 1.165) is 0 Å². The van der Waals surface area contributed by atoms with E-state index in [-0.39, 0.29) is 69.5 Å². The Morgan fingerprint density at radius 3 is 1.82 bits per heavy atom. The highest BCUT2D eigenvalue weighted by molar-refractivity contribution is 5.96. The van der Waals surface area contributed by atoms with Gasteiger partial charge in [0, 0.05) is 64.8 Å². The molecule has 8 N–H and O–H groups in total. The molecular weight excluding hydrogens is 810 g/mol. The molecule has 0 unspecified atom stereocenters. The van der Waals surface area contributed by atoms with Crippen molar-refractivity contribution in [3.05, 3.63) is 28.0 Å². The van der Waals surface area contributed by atoms with Crippen molar-refractivity contribution >= 4 is 58.4 Å². The van der Waals surface area contributed by atoms with Gasteiger partial charge in [0.25, 0.3) is 5.91 Å². The minimum Gasteiger partial charge on any atom is -0.480 e. The molecule has 0 saturated carbocycles. The zero-order valence-corrected chi connectivity index (χ0v) is 34.0. The molecule has 2 aromatic rings. The molecule has 4 amide bonds. The van der Waals surface area contributed by atoms with Crippen LogP contribution in [0.3, 0.4) is 0 Å². The number of carbonyl (C=O) groups is 8.